The molecule has 1 atom stereocenters. The summed E-state index contributed by atoms with van der Waals surface area (Å²) in [5.74, 6) is 1.06. The van der Waals surface area contributed by atoms with E-state index in [2.05, 4.69) is 17.0 Å². The van der Waals surface area contributed by atoms with Gasteiger partial charge in [0.1, 0.15) is 10.7 Å². The zero-order chi connectivity index (χ0) is 17.1. The van der Waals surface area contributed by atoms with Gasteiger partial charge in [-0.2, -0.15) is 4.52 Å². The Balaban J connectivity index is 1.67. The Hall–Kier alpha value is -2.02. The summed E-state index contributed by atoms with van der Waals surface area (Å²) in [7, 11) is 0. The Morgan fingerprint density at radius 3 is 2.92 bits per heavy atom. The van der Waals surface area contributed by atoms with Crippen LogP contribution in [-0.4, -0.2) is 43.0 Å². The molecule has 1 aliphatic heterocycles. The number of fused-ring (bicyclic) bond motifs is 5. The molecule has 5 rings (SSSR count). The van der Waals surface area contributed by atoms with E-state index in [1.807, 2.05) is 11.8 Å². The zero-order valence-electron chi connectivity index (χ0n) is 14.6. The number of likely N-dealkylation sites (tertiary alicyclic amines) is 1. The fourth-order valence-corrected chi connectivity index (χ4v) is 5.51. The number of aryl methyl sites for hydroxylation is 3. The van der Waals surface area contributed by atoms with E-state index in [4.69, 9.17) is 4.98 Å². The van der Waals surface area contributed by atoms with Gasteiger partial charge in [-0.1, -0.05) is 0 Å². The summed E-state index contributed by atoms with van der Waals surface area (Å²) in [5.41, 5.74) is 2.17. The second kappa shape index (κ2) is 5.49. The van der Waals surface area contributed by atoms with Gasteiger partial charge < -0.3 is 4.90 Å². The minimum absolute atomic E-state index is 0.0460. The van der Waals surface area contributed by atoms with Crippen LogP contribution in [0.5, 0.6) is 0 Å². The number of rotatable bonds is 1. The molecule has 3 aromatic rings. The summed E-state index contributed by atoms with van der Waals surface area (Å²) in [6, 6.07) is 0.262. The van der Waals surface area contributed by atoms with Crippen molar-refractivity contribution >= 4 is 33.1 Å². The Morgan fingerprint density at radius 2 is 2.08 bits per heavy atom. The molecule has 1 aliphatic carbocycles. The van der Waals surface area contributed by atoms with Crippen molar-refractivity contribution in [2.45, 2.75) is 58.4 Å². The Morgan fingerprint density at radius 1 is 1.20 bits per heavy atom. The highest BCUT2D eigenvalue weighted by Gasteiger charge is 2.29. The molecule has 6 nitrogen and oxygen atoms in total. The van der Waals surface area contributed by atoms with Crippen LogP contribution in [0.2, 0.25) is 0 Å². The van der Waals surface area contributed by atoms with Crippen LogP contribution in [0.25, 0.3) is 15.9 Å². The zero-order valence-corrected chi connectivity index (χ0v) is 15.4. The molecule has 130 valence electrons. The van der Waals surface area contributed by atoms with Gasteiger partial charge in [0.05, 0.1) is 5.39 Å². The molecular formula is C18H21N5OS. The Labute approximate surface area is 149 Å². The Bertz CT molecular complexity index is 1000. The second-order valence-corrected chi connectivity index (χ2v) is 8.29. The molecule has 1 saturated heterocycles. The fourth-order valence-electron chi connectivity index (χ4n) is 4.21. The molecule has 0 aromatic carbocycles. The molecule has 3 aromatic heterocycles. The van der Waals surface area contributed by atoms with E-state index in [0.717, 1.165) is 53.9 Å². The molecule has 0 saturated carbocycles. The maximum Gasteiger partial charge on any atom is 0.293 e. The number of carbonyl (C=O) groups is 1. The number of thiophene rings is 1. The first-order valence-electron chi connectivity index (χ1n) is 9.12. The van der Waals surface area contributed by atoms with E-state index in [0.29, 0.717) is 5.82 Å². The Kier molecular flexibility index (Phi) is 3.35. The molecule has 0 spiro atoms. The number of carbonyl (C=O) groups excluding carboxylic acids is 1. The van der Waals surface area contributed by atoms with Crippen molar-refractivity contribution in [1.29, 1.82) is 0 Å². The summed E-state index contributed by atoms with van der Waals surface area (Å²) in [6.07, 6.45) is 6.71. The molecule has 1 unspecified atom stereocenters. The average molecular weight is 355 g/mol. The SMILES string of the molecule is Cc1nc2sc3c(c2c2nc(C(=O)N4CCCCC4C)nn12)CCC3. The van der Waals surface area contributed by atoms with Crippen molar-refractivity contribution in [3.05, 3.63) is 22.1 Å². The largest absolute Gasteiger partial charge is 0.333 e. The van der Waals surface area contributed by atoms with Crippen LogP contribution in [0.4, 0.5) is 0 Å². The number of aromatic nitrogens is 4. The van der Waals surface area contributed by atoms with Crippen LogP contribution in [-0.2, 0) is 12.8 Å². The standard InChI is InChI=1S/C18H21N5OS/c1-10-6-3-4-9-22(10)18(24)15-20-16-14-12-7-5-8-13(12)25-17(14)19-11(2)23(16)21-15/h10H,3-9H2,1-2H3. The molecule has 7 heteroatoms. The molecule has 0 N–H and O–H groups in total. The van der Waals surface area contributed by atoms with Crippen LogP contribution >= 0.6 is 11.3 Å². The lowest BCUT2D eigenvalue weighted by Gasteiger charge is -2.32. The topological polar surface area (TPSA) is 63.4 Å². The molecule has 1 fully saturated rings. The molecule has 0 bridgehead atoms. The second-order valence-electron chi connectivity index (χ2n) is 7.21. The van der Waals surface area contributed by atoms with Crippen LogP contribution in [0.1, 0.15) is 59.5 Å². The first-order valence-corrected chi connectivity index (χ1v) is 9.93. The number of hydrogen-bond donors (Lipinski definition) is 0. The van der Waals surface area contributed by atoms with Gasteiger partial charge in [0.25, 0.3) is 5.91 Å². The third-order valence-electron chi connectivity index (χ3n) is 5.56. The van der Waals surface area contributed by atoms with Gasteiger partial charge in [-0.3, -0.25) is 4.79 Å². The van der Waals surface area contributed by atoms with Gasteiger partial charge in [-0.25, -0.2) is 9.97 Å². The van der Waals surface area contributed by atoms with Gasteiger partial charge in [-0.15, -0.1) is 16.4 Å². The number of piperidine rings is 1. The summed E-state index contributed by atoms with van der Waals surface area (Å²) in [6.45, 7) is 4.85. The van der Waals surface area contributed by atoms with Gasteiger partial charge in [0.2, 0.25) is 5.82 Å². The van der Waals surface area contributed by atoms with Crippen molar-refractivity contribution in [3.8, 4) is 0 Å². The highest BCUT2D eigenvalue weighted by molar-refractivity contribution is 7.19. The minimum atomic E-state index is -0.0460. The lowest BCUT2D eigenvalue weighted by molar-refractivity contribution is 0.0623. The van der Waals surface area contributed by atoms with Crippen molar-refractivity contribution in [3.63, 3.8) is 0 Å². The van der Waals surface area contributed by atoms with Gasteiger partial charge in [0.15, 0.2) is 5.65 Å². The van der Waals surface area contributed by atoms with Crippen molar-refractivity contribution in [2.75, 3.05) is 6.54 Å². The van der Waals surface area contributed by atoms with E-state index in [1.54, 1.807) is 15.9 Å². The quantitative estimate of drug-likeness (QED) is 0.673. The van der Waals surface area contributed by atoms with E-state index < -0.39 is 0 Å². The van der Waals surface area contributed by atoms with E-state index in [1.165, 1.54) is 23.3 Å². The lowest BCUT2D eigenvalue weighted by atomic mass is 10.0. The minimum Gasteiger partial charge on any atom is -0.333 e. The third kappa shape index (κ3) is 2.21. The van der Waals surface area contributed by atoms with Crippen LogP contribution < -0.4 is 0 Å². The van der Waals surface area contributed by atoms with Gasteiger partial charge >= 0.3 is 0 Å². The highest BCUT2D eigenvalue weighted by Crippen LogP contribution is 2.38. The first-order chi connectivity index (χ1) is 12.1. The first kappa shape index (κ1) is 15.3. The van der Waals surface area contributed by atoms with Crippen molar-refractivity contribution in [1.82, 2.24) is 24.5 Å². The average Bonchev–Trinajstić information content (AvgIpc) is 3.28. The van der Waals surface area contributed by atoms with Gasteiger partial charge in [-0.05, 0) is 57.9 Å². The third-order valence-corrected chi connectivity index (χ3v) is 6.74. The monoisotopic (exact) mass is 355 g/mol. The lowest BCUT2D eigenvalue weighted by Crippen LogP contribution is -2.42. The number of amides is 1. The highest BCUT2D eigenvalue weighted by atomic mass is 32.1. The normalized spacial score (nSPS) is 20.6. The summed E-state index contributed by atoms with van der Waals surface area (Å²) >= 11 is 1.77. The maximum atomic E-state index is 13.0. The van der Waals surface area contributed by atoms with Crippen molar-refractivity contribution < 1.29 is 4.79 Å². The predicted molar refractivity (Wildman–Crippen MR) is 97.3 cm³/mol. The molecule has 25 heavy (non-hydrogen) atoms. The van der Waals surface area contributed by atoms with Crippen molar-refractivity contribution in [2.24, 2.45) is 0 Å². The van der Waals surface area contributed by atoms with E-state index in [9.17, 15) is 4.79 Å². The van der Waals surface area contributed by atoms with Crippen LogP contribution in [0.3, 0.4) is 0 Å². The fraction of sp³-hybridized carbons (Fsp3) is 0.556. The molecule has 0 radical (unpaired) electrons. The molecule has 1 amide bonds. The molecule has 2 aliphatic rings. The molecule has 4 heterocycles. The van der Waals surface area contributed by atoms with E-state index >= 15 is 0 Å². The maximum absolute atomic E-state index is 13.0. The summed E-state index contributed by atoms with van der Waals surface area (Å²) in [5, 5.41) is 5.65. The van der Waals surface area contributed by atoms with Crippen LogP contribution in [0.15, 0.2) is 0 Å². The number of hydrogen-bond acceptors (Lipinski definition) is 5. The van der Waals surface area contributed by atoms with Gasteiger partial charge in [0, 0.05) is 17.5 Å². The summed E-state index contributed by atoms with van der Waals surface area (Å²) in [4.78, 5) is 26.8. The van der Waals surface area contributed by atoms with Crippen LogP contribution in [0, 0.1) is 6.92 Å². The summed E-state index contributed by atoms with van der Waals surface area (Å²) < 4.78 is 1.76. The molecular weight excluding hydrogens is 334 g/mol. The smallest absolute Gasteiger partial charge is 0.293 e. The predicted octanol–water partition coefficient (Wildman–Crippen LogP) is 3.15. The van der Waals surface area contributed by atoms with E-state index in [-0.39, 0.29) is 11.9 Å². The number of nitrogens with zero attached hydrogens (tertiary/aromatic N) is 5.